The first-order chi connectivity index (χ1) is 10.6. The van der Waals surface area contributed by atoms with Crippen LogP contribution in [-0.2, 0) is 4.79 Å². The van der Waals surface area contributed by atoms with Crippen LogP contribution in [0.25, 0.3) is 0 Å². The molecule has 2 fully saturated rings. The van der Waals surface area contributed by atoms with E-state index in [-0.39, 0.29) is 11.9 Å². The molecule has 3 rings (SSSR count). The molecular formula is C18H25NO2S. The van der Waals surface area contributed by atoms with Crippen LogP contribution < -0.4 is 0 Å². The van der Waals surface area contributed by atoms with Crippen molar-refractivity contribution >= 4 is 17.7 Å². The molecule has 1 N–H and O–H groups in total. The highest BCUT2D eigenvalue weighted by molar-refractivity contribution is 7.99. The number of amides is 1. The van der Waals surface area contributed by atoms with Gasteiger partial charge in [-0.25, -0.2) is 0 Å². The van der Waals surface area contributed by atoms with Gasteiger partial charge in [-0.1, -0.05) is 42.7 Å². The Hall–Kier alpha value is -1.00. The summed E-state index contributed by atoms with van der Waals surface area (Å²) in [7, 11) is 0. The number of carbonyl (C=O) groups excluding carboxylic acids is 1. The molecule has 0 aromatic heterocycles. The van der Waals surface area contributed by atoms with E-state index in [0.29, 0.717) is 6.42 Å². The van der Waals surface area contributed by atoms with Crippen molar-refractivity contribution in [2.24, 2.45) is 0 Å². The van der Waals surface area contributed by atoms with Gasteiger partial charge in [-0.15, -0.1) is 0 Å². The number of nitrogens with zero attached hydrogens (tertiary/aromatic N) is 1. The maximum atomic E-state index is 12.8. The Labute approximate surface area is 137 Å². The van der Waals surface area contributed by atoms with Crippen LogP contribution in [-0.4, -0.2) is 39.6 Å². The van der Waals surface area contributed by atoms with Crippen LogP contribution in [0.5, 0.6) is 0 Å². The van der Waals surface area contributed by atoms with Crippen molar-refractivity contribution in [3.05, 3.63) is 35.4 Å². The monoisotopic (exact) mass is 319 g/mol. The number of carbonyl (C=O) groups is 1. The van der Waals surface area contributed by atoms with Crippen molar-refractivity contribution in [2.45, 2.75) is 50.7 Å². The van der Waals surface area contributed by atoms with Gasteiger partial charge in [0.1, 0.15) is 0 Å². The summed E-state index contributed by atoms with van der Waals surface area (Å²) < 4.78 is 0. The van der Waals surface area contributed by atoms with Crippen molar-refractivity contribution in [1.29, 1.82) is 0 Å². The van der Waals surface area contributed by atoms with Crippen LogP contribution in [0.15, 0.2) is 24.3 Å². The molecule has 1 atom stereocenters. The Kier molecular flexibility index (Phi) is 4.79. The van der Waals surface area contributed by atoms with Gasteiger partial charge in [0, 0.05) is 18.1 Å². The average molecular weight is 319 g/mol. The molecule has 4 heteroatoms. The largest absolute Gasteiger partial charge is 0.389 e. The minimum absolute atomic E-state index is 0.121. The molecule has 0 spiro atoms. The van der Waals surface area contributed by atoms with Crippen LogP contribution in [0.3, 0.4) is 0 Å². The normalized spacial score (nSPS) is 24.5. The summed E-state index contributed by atoms with van der Waals surface area (Å²) in [5.74, 6) is 2.06. The molecule has 120 valence electrons. The summed E-state index contributed by atoms with van der Waals surface area (Å²) in [5, 5.41) is 10.5. The van der Waals surface area contributed by atoms with E-state index in [0.717, 1.165) is 43.7 Å². The molecule has 0 bridgehead atoms. The molecule has 1 aliphatic carbocycles. The smallest absolute Gasteiger partial charge is 0.226 e. The highest BCUT2D eigenvalue weighted by atomic mass is 32.2. The molecule has 2 aliphatic rings. The summed E-state index contributed by atoms with van der Waals surface area (Å²) >= 11 is 1.91. The third-order valence-corrected chi connectivity index (χ3v) is 5.95. The van der Waals surface area contributed by atoms with Gasteiger partial charge in [-0.2, -0.15) is 11.8 Å². The topological polar surface area (TPSA) is 40.5 Å². The minimum atomic E-state index is -0.750. The molecule has 1 aromatic carbocycles. The zero-order valence-corrected chi connectivity index (χ0v) is 14.1. The Morgan fingerprint density at radius 2 is 2.00 bits per heavy atom. The van der Waals surface area contributed by atoms with Crippen molar-refractivity contribution < 1.29 is 9.90 Å². The Morgan fingerprint density at radius 1 is 1.32 bits per heavy atom. The van der Waals surface area contributed by atoms with E-state index >= 15 is 0 Å². The SMILES string of the molecule is Cc1ccc(C2CSCCN2C(=O)CC2(O)CCCC2)cc1. The molecule has 1 unspecified atom stereocenters. The number of rotatable bonds is 3. The summed E-state index contributed by atoms with van der Waals surface area (Å²) in [6, 6.07) is 8.65. The predicted octanol–water partition coefficient (Wildman–Crippen LogP) is 3.31. The molecule has 0 radical (unpaired) electrons. The lowest BCUT2D eigenvalue weighted by atomic mass is 9.96. The van der Waals surface area contributed by atoms with Crippen LogP contribution in [0.2, 0.25) is 0 Å². The highest BCUT2D eigenvalue weighted by Gasteiger charge is 2.37. The van der Waals surface area contributed by atoms with E-state index in [4.69, 9.17) is 0 Å². The number of hydrogen-bond donors (Lipinski definition) is 1. The molecule has 1 aliphatic heterocycles. The second-order valence-electron chi connectivity index (χ2n) is 6.70. The lowest BCUT2D eigenvalue weighted by molar-refractivity contribution is -0.138. The van der Waals surface area contributed by atoms with Gasteiger partial charge in [0.05, 0.1) is 18.1 Å². The molecule has 1 amide bonds. The van der Waals surface area contributed by atoms with Crippen LogP contribution in [0.4, 0.5) is 0 Å². The fourth-order valence-corrected chi connectivity index (χ4v) is 4.65. The number of aryl methyl sites for hydroxylation is 1. The first-order valence-corrected chi connectivity index (χ1v) is 9.39. The molecular weight excluding hydrogens is 294 g/mol. The van der Waals surface area contributed by atoms with E-state index in [1.54, 1.807) is 0 Å². The van der Waals surface area contributed by atoms with Crippen molar-refractivity contribution in [1.82, 2.24) is 4.90 Å². The third-order valence-electron chi connectivity index (χ3n) is 4.93. The molecule has 1 heterocycles. The first-order valence-electron chi connectivity index (χ1n) is 8.24. The maximum Gasteiger partial charge on any atom is 0.226 e. The zero-order chi connectivity index (χ0) is 15.6. The van der Waals surface area contributed by atoms with Gasteiger partial charge in [-0.05, 0) is 25.3 Å². The number of benzene rings is 1. The zero-order valence-electron chi connectivity index (χ0n) is 13.3. The first kappa shape index (κ1) is 15.9. The van der Waals surface area contributed by atoms with Gasteiger partial charge < -0.3 is 10.0 Å². The lowest BCUT2D eigenvalue weighted by Gasteiger charge is -2.37. The van der Waals surface area contributed by atoms with Gasteiger partial charge >= 0.3 is 0 Å². The number of thioether (sulfide) groups is 1. The van der Waals surface area contributed by atoms with E-state index < -0.39 is 5.60 Å². The highest BCUT2D eigenvalue weighted by Crippen LogP contribution is 2.35. The Balaban J connectivity index is 1.74. The summed E-state index contributed by atoms with van der Waals surface area (Å²) in [6.45, 7) is 2.87. The number of aliphatic hydroxyl groups is 1. The standard InChI is InChI=1S/C18H25NO2S/c1-14-4-6-15(7-5-14)16-13-22-11-10-19(16)17(20)12-18(21)8-2-3-9-18/h4-7,16,21H,2-3,8-13H2,1H3. The second-order valence-corrected chi connectivity index (χ2v) is 7.85. The van der Waals surface area contributed by atoms with Gasteiger partial charge in [0.2, 0.25) is 5.91 Å². The van der Waals surface area contributed by atoms with Crippen LogP contribution in [0.1, 0.15) is 49.3 Å². The summed E-state index contributed by atoms with van der Waals surface area (Å²) in [4.78, 5) is 14.8. The summed E-state index contributed by atoms with van der Waals surface area (Å²) in [5.41, 5.74) is 1.70. The van der Waals surface area contributed by atoms with E-state index in [9.17, 15) is 9.90 Å². The quantitative estimate of drug-likeness (QED) is 0.929. The molecule has 1 saturated carbocycles. The maximum absolute atomic E-state index is 12.8. The van der Waals surface area contributed by atoms with Crippen molar-refractivity contribution in [3.63, 3.8) is 0 Å². The average Bonchev–Trinajstić information content (AvgIpc) is 2.94. The summed E-state index contributed by atoms with van der Waals surface area (Å²) in [6.07, 6.45) is 3.93. The van der Waals surface area contributed by atoms with Crippen molar-refractivity contribution in [3.8, 4) is 0 Å². The Bertz CT molecular complexity index is 522. The lowest BCUT2D eigenvalue weighted by Crippen LogP contribution is -2.44. The molecule has 1 aromatic rings. The molecule has 3 nitrogen and oxygen atoms in total. The third kappa shape index (κ3) is 3.49. The van der Waals surface area contributed by atoms with Gasteiger partial charge in [0.15, 0.2) is 0 Å². The van der Waals surface area contributed by atoms with Gasteiger partial charge in [-0.3, -0.25) is 4.79 Å². The van der Waals surface area contributed by atoms with E-state index in [1.165, 1.54) is 11.1 Å². The fourth-order valence-electron chi connectivity index (χ4n) is 3.56. The van der Waals surface area contributed by atoms with Crippen LogP contribution >= 0.6 is 11.8 Å². The second kappa shape index (κ2) is 6.63. The molecule has 1 saturated heterocycles. The molecule has 22 heavy (non-hydrogen) atoms. The predicted molar refractivity (Wildman–Crippen MR) is 91.0 cm³/mol. The minimum Gasteiger partial charge on any atom is -0.389 e. The van der Waals surface area contributed by atoms with E-state index in [2.05, 4.69) is 31.2 Å². The number of hydrogen-bond acceptors (Lipinski definition) is 3. The van der Waals surface area contributed by atoms with Gasteiger partial charge in [0.25, 0.3) is 0 Å². The van der Waals surface area contributed by atoms with E-state index in [1.807, 2.05) is 16.7 Å². The fraction of sp³-hybridized carbons (Fsp3) is 0.611. The Morgan fingerprint density at radius 3 is 2.68 bits per heavy atom. The van der Waals surface area contributed by atoms with Crippen molar-refractivity contribution in [2.75, 3.05) is 18.1 Å². The van der Waals surface area contributed by atoms with Crippen LogP contribution in [0, 0.1) is 6.92 Å².